The van der Waals surface area contributed by atoms with E-state index < -0.39 is 23.4 Å². The van der Waals surface area contributed by atoms with Crippen molar-refractivity contribution in [2.24, 2.45) is 0 Å². The Hall–Kier alpha value is -2.10. The van der Waals surface area contributed by atoms with Gasteiger partial charge in [0.25, 0.3) is 0 Å². The first-order valence-electron chi connectivity index (χ1n) is 6.70. The molecule has 0 aliphatic carbocycles. The first kappa shape index (κ1) is 15.3. The normalized spacial score (nSPS) is 13.0. The highest BCUT2D eigenvalue weighted by Crippen LogP contribution is 2.34. The number of carbonyl (C=O) groups excluding carboxylic acids is 1. The quantitative estimate of drug-likeness (QED) is 0.718. The molecule has 0 radical (unpaired) electrons. The highest BCUT2D eigenvalue weighted by Gasteiger charge is 2.36. The topological polar surface area (TPSA) is 17.1 Å². The fraction of sp³-hybridized carbons (Fsp3) is 0.235. The number of alkyl halides is 3. The number of Topliss-reactive ketones (excluding diaryl/α,β-unsaturated/α-hetero) is 1. The molecule has 0 aliphatic rings. The molecular weight excluding hydrogens is 277 g/mol. The van der Waals surface area contributed by atoms with E-state index in [-0.39, 0.29) is 5.56 Å². The van der Waals surface area contributed by atoms with Gasteiger partial charge in [-0.3, -0.25) is 4.79 Å². The molecule has 2 aromatic carbocycles. The number of hydrogen-bond acceptors (Lipinski definition) is 1. The van der Waals surface area contributed by atoms with E-state index in [1.165, 1.54) is 18.2 Å². The Labute approximate surface area is 121 Å². The fourth-order valence-electron chi connectivity index (χ4n) is 2.39. The van der Waals surface area contributed by atoms with E-state index >= 15 is 0 Å². The Bertz CT molecular complexity index is 617. The van der Waals surface area contributed by atoms with E-state index in [0.717, 1.165) is 11.6 Å². The van der Waals surface area contributed by atoms with Crippen LogP contribution in [0.1, 0.15) is 40.7 Å². The minimum absolute atomic E-state index is 0.263. The van der Waals surface area contributed by atoms with Gasteiger partial charge in [-0.2, -0.15) is 13.2 Å². The molecular formula is C17H15F3O. The average Bonchev–Trinajstić information content (AvgIpc) is 2.48. The summed E-state index contributed by atoms with van der Waals surface area (Å²) >= 11 is 0. The summed E-state index contributed by atoms with van der Waals surface area (Å²) in [5.74, 6) is -1.05. The van der Waals surface area contributed by atoms with Crippen molar-refractivity contribution < 1.29 is 18.0 Å². The summed E-state index contributed by atoms with van der Waals surface area (Å²) in [6.07, 6.45) is -4.07. The molecule has 0 fully saturated rings. The second-order valence-corrected chi connectivity index (χ2v) is 4.78. The van der Waals surface area contributed by atoms with E-state index in [0.29, 0.717) is 6.42 Å². The fourth-order valence-corrected chi connectivity index (χ4v) is 2.39. The van der Waals surface area contributed by atoms with Crippen molar-refractivity contribution in [3.63, 3.8) is 0 Å². The third-order valence-corrected chi connectivity index (χ3v) is 3.42. The third-order valence-electron chi connectivity index (χ3n) is 3.42. The molecule has 0 aliphatic heterocycles. The van der Waals surface area contributed by atoms with Gasteiger partial charge in [-0.15, -0.1) is 0 Å². The lowest BCUT2D eigenvalue weighted by atomic mass is 9.87. The lowest BCUT2D eigenvalue weighted by Crippen LogP contribution is -2.18. The molecule has 4 heteroatoms. The summed E-state index contributed by atoms with van der Waals surface area (Å²) in [5.41, 5.74) is -0.396. The minimum Gasteiger partial charge on any atom is -0.293 e. The van der Waals surface area contributed by atoms with Crippen LogP contribution in [0, 0.1) is 0 Å². The Kier molecular flexibility index (Phi) is 4.46. The van der Waals surface area contributed by atoms with Gasteiger partial charge in [-0.05, 0) is 18.1 Å². The van der Waals surface area contributed by atoms with Crippen molar-refractivity contribution >= 4 is 5.78 Å². The number of benzene rings is 2. The molecule has 2 aromatic rings. The predicted octanol–water partition coefficient (Wildman–Crippen LogP) is 5.08. The van der Waals surface area contributed by atoms with Crippen molar-refractivity contribution in [3.05, 3.63) is 71.3 Å². The largest absolute Gasteiger partial charge is 0.417 e. The average molecular weight is 292 g/mol. The van der Waals surface area contributed by atoms with Gasteiger partial charge in [-0.25, -0.2) is 0 Å². The number of halogens is 3. The number of carbonyl (C=O) groups is 1. The summed E-state index contributed by atoms with van der Waals surface area (Å²) in [6, 6.07) is 13.8. The lowest BCUT2D eigenvalue weighted by Gasteiger charge is -2.17. The second kappa shape index (κ2) is 6.12. The molecule has 0 saturated carbocycles. The first-order valence-corrected chi connectivity index (χ1v) is 6.70. The van der Waals surface area contributed by atoms with Crippen LogP contribution in [-0.2, 0) is 6.18 Å². The molecule has 110 valence electrons. The van der Waals surface area contributed by atoms with Crippen molar-refractivity contribution in [1.29, 1.82) is 0 Å². The van der Waals surface area contributed by atoms with Crippen LogP contribution in [0.2, 0.25) is 0 Å². The molecule has 0 aromatic heterocycles. The second-order valence-electron chi connectivity index (χ2n) is 4.78. The lowest BCUT2D eigenvalue weighted by molar-refractivity contribution is -0.137. The van der Waals surface area contributed by atoms with Gasteiger partial charge in [0.15, 0.2) is 5.78 Å². The van der Waals surface area contributed by atoms with E-state index in [4.69, 9.17) is 0 Å². The Morgan fingerprint density at radius 1 is 1.00 bits per heavy atom. The van der Waals surface area contributed by atoms with Crippen molar-refractivity contribution in [2.45, 2.75) is 25.4 Å². The van der Waals surface area contributed by atoms with Crippen LogP contribution < -0.4 is 0 Å². The van der Waals surface area contributed by atoms with Crippen LogP contribution in [-0.4, -0.2) is 5.78 Å². The van der Waals surface area contributed by atoms with Gasteiger partial charge in [0.1, 0.15) is 0 Å². The Morgan fingerprint density at radius 3 is 2.14 bits per heavy atom. The molecule has 21 heavy (non-hydrogen) atoms. The maximum Gasteiger partial charge on any atom is 0.417 e. The smallest absolute Gasteiger partial charge is 0.293 e. The molecule has 1 atom stereocenters. The van der Waals surface area contributed by atoms with E-state index in [9.17, 15) is 18.0 Å². The minimum atomic E-state index is -4.53. The molecule has 1 unspecified atom stereocenters. The number of ketones is 1. The van der Waals surface area contributed by atoms with Crippen molar-refractivity contribution in [1.82, 2.24) is 0 Å². The van der Waals surface area contributed by atoms with Crippen LogP contribution >= 0.6 is 0 Å². The summed E-state index contributed by atoms with van der Waals surface area (Å²) in [4.78, 5) is 12.5. The van der Waals surface area contributed by atoms with Gasteiger partial charge in [-0.1, -0.05) is 55.5 Å². The van der Waals surface area contributed by atoms with E-state index in [1.807, 2.05) is 6.07 Å². The monoisotopic (exact) mass is 292 g/mol. The van der Waals surface area contributed by atoms with Crippen LogP contribution in [0.15, 0.2) is 54.6 Å². The molecule has 0 saturated heterocycles. The molecule has 0 heterocycles. The van der Waals surface area contributed by atoms with Crippen molar-refractivity contribution in [2.75, 3.05) is 0 Å². The highest BCUT2D eigenvalue weighted by molar-refractivity contribution is 6.02. The number of rotatable bonds is 4. The third kappa shape index (κ3) is 3.32. The summed E-state index contributed by atoms with van der Waals surface area (Å²) in [5, 5.41) is 0. The van der Waals surface area contributed by atoms with Crippen LogP contribution in [0.25, 0.3) is 0 Å². The van der Waals surface area contributed by atoms with Crippen molar-refractivity contribution in [3.8, 4) is 0 Å². The van der Waals surface area contributed by atoms with Gasteiger partial charge in [0.05, 0.1) is 5.56 Å². The highest BCUT2D eigenvalue weighted by atomic mass is 19.4. The maximum absolute atomic E-state index is 13.0. The van der Waals surface area contributed by atoms with Gasteiger partial charge >= 0.3 is 6.18 Å². The van der Waals surface area contributed by atoms with Gasteiger partial charge in [0, 0.05) is 11.5 Å². The van der Waals surface area contributed by atoms with Gasteiger partial charge in [0.2, 0.25) is 0 Å². The molecule has 0 bridgehead atoms. The molecule has 0 spiro atoms. The number of hydrogen-bond donors (Lipinski definition) is 0. The molecule has 0 N–H and O–H groups in total. The van der Waals surface area contributed by atoms with Crippen LogP contribution in [0.3, 0.4) is 0 Å². The zero-order valence-electron chi connectivity index (χ0n) is 11.5. The Balaban J connectivity index is 2.44. The predicted molar refractivity (Wildman–Crippen MR) is 75.2 cm³/mol. The molecule has 1 nitrogen and oxygen atoms in total. The first-order chi connectivity index (χ1) is 9.95. The zero-order chi connectivity index (χ0) is 15.5. The van der Waals surface area contributed by atoms with E-state index in [1.54, 1.807) is 31.2 Å². The van der Waals surface area contributed by atoms with E-state index in [2.05, 4.69) is 0 Å². The SMILES string of the molecule is CCC(C(=O)c1ccccc1C(F)(F)F)c1ccccc1. The standard InChI is InChI=1S/C17H15F3O/c1-2-13(12-8-4-3-5-9-12)16(21)14-10-6-7-11-15(14)17(18,19)20/h3-11,13H,2H2,1H3. The maximum atomic E-state index is 13.0. The van der Waals surface area contributed by atoms with Crippen LogP contribution in [0.4, 0.5) is 13.2 Å². The molecule has 2 rings (SSSR count). The summed E-state index contributed by atoms with van der Waals surface area (Å²) in [6.45, 7) is 1.80. The molecule has 0 amide bonds. The zero-order valence-corrected chi connectivity index (χ0v) is 11.5. The summed E-state index contributed by atoms with van der Waals surface area (Å²) < 4.78 is 39.1. The van der Waals surface area contributed by atoms with Gasteiger partial charge < -0.3 is 0 Å². The summed E-state index contributed by atoms with van der Waals surface area (Å²) in [7, 11) is 0. The van der Waals surface area contributed by atoms with Crippen LogP contribution in [0.5, 0.6) is 0 Å². The Morgan fingerprint density at radius 2 is 1.57 bits per heavy atom.